The molecule has 0 bridgehead atoms. The summed E-state index contributed by atoms with van der Waals surface area (Å²) in [4.78, 5) is 3.94. The van der Waals surface area contributed by atoms with Crippen molar-refractivity contribution in [2.75, 3.05) is 19.0 Å². The van der Waals surface area contributed by atoms with Gasteiger partial charge in [-0.2, -0.15) is 0 Å². The lowest BCUT2D eigenvalue weighted by atomic mass is 10.0. The van der Waals surface area contributed by atoms with Gasteiger partial charge < -0.3 is 9.47 Å². The molecular weight excluding hydrogens is 368 g/mol. The largest absolute Gasteiger partial charge is 0.485 e. The molecule has 5 heteroatoms. The Bertz CT molecular complexity index is 745. The van der Waals surface area contributed by atoms with Crippen LogP contribution in [0.5, 0.6) is 11.5 Å². The van der Waals surface area contributed by atoms with Crippen molar-refractivity contribution in [2.24, 2.45) is 5.92 Å². The number of unbranched alkanes of at least 4 members (excludes halogenated alkanes) is 2. The van der Waals surface area contributed by atoms with Gasteiger partial charge in [-0.15, -0.1) is 34.4 Å². The smallest absolute Gasteiger partial charge is 0.180 e. The molecule has 0 amide bonds. The first kappa shape index (κ1) is 17.3. The number of thioether (sulfide) groups is 1. The first-order valence-electron chi connectivity index (χ1n) is 8.84. The Morgan fingerprint density at radius 1 is 1.00 bits per heavy atom. The second-order valence-corrected chi connectivity index (χ2v) is 9.13. The zero-order valence-electron chi connectivity index (χ0n) is 14.1. The van der Waals surface area contributed by atoms with E-state index in [1.807, 2.05) is 11.8 Å². The van der Waals surface area contributed by atoms with E-state index >= 15 is 0 Å². The lowest BCUT2D eigenvalue weighted by Crippen LogP contribution is -2.14. The van der Waals surface area contributed by atoms with Crippen LogP contribution < -0.4 is 9.47 Å². The van der Waals surface area contributed by atoms with Crippen molar-refractivity contribution in [2.45, 2.75) is 30.6 Å². The Balaban J connectivity index is 1.28. The van der Waals surface area contributed by atoms with Gasteiger partial charge in [-0.1, -0.05) is 37.1 Å². The molecule has 0 saturated carbocycles. The van der Waals surface area contributed by atoms with E-state index in [0.29, 0.717) is 19.1 Å². The van der Waals surface area contributed by atoms with Crippen LogP contribution in [0.2, 0.25) is 0 Å². The number of allylic oxidation sites excluding steroid dienone is 4. The normalized spacial score (nSPS) is 16.0. The van der Waals surface area contributed by atoms with Crippen molar-refractivity contribution in [3.8, 4) is 21.3 Å². The highest BCUT2D eigenvalue weighted by Crippen LogP contribution is 2.50. The molecule has 1 aliphatic carbocycles. The summed E-state index contributed by atoms with van der Waals surface area (Å²) in [7, 11) is 0. The van der Waals surface area contributed by atoms with Crippen LogP contribution in [0.3, 0.4) is 0 Å². The van der Waals surface area contributed by atoms with Crippen molar-refractivity contribution in [1.29, 1.82) is 0 Å². The van der Waals surface area contributed by atoms with Gasteiger partial charge in [0.25, 0.3) is 0 Å². The first-order chi connectivity index (χ1) is 12.4. The SMILES string of the molecule is C1=CC(CCCCCSc2ccsc2-c2scc3c2OCCO3)C=C1. The molecule has 4 rings (SSSR count). The Hall–Kier alpha value is -1.17. The summed E-state index contributed by atoms with van der Waals surface area (Å²) in [6.07, 6.45) is 14.1. The average Bonchev–Trinajstić information content (AvgIpc) is 3.37. The van der Waals surface area contributed by atoms with Crippen molar-refractivity contribution in [1.82, 2.24) is 0 Å². The molecule has 0 aromatic carbocycles. The van der Waals surface area contributed by atoms with Gasteiger partial charge in [0.05, 0.1) is 9.75 Å². The topological polar surface area (TPSA) is 18.5 Å². The average molecular weight is 391 g/mol. The van der Waals surface area contributed by atoms with Crippen LogP contribution in [0.15, 0.2) is 46.0 Å². The molecule has 2 nitrogen and oxygen atoms in total. The minimum absolute atomic E-state index is 0.649. The van der Waals surface area contributed by atoms with Gasteiger partial charge in [-0.05, 0) is 36.0 Å². The van der Waals surface area contributed by atoms with E-state index in [2.05, 4.69) is 41.1 Å². The molecule has 2 aromatic heterocycles. The van der Waals surface area contributed by atoms with E-state index in [1.54, 1.807) is 22.7 Å². The van der Waals surface area contributed by atoms with Gasteiger partial charge in [0, 0.05) is 10.3 Å². The number of rotatable bonds is 8. The fraction of sp³-hybridized carbons (Fsp3) is 0.400. The molecule has 2 aromatic rings. The Morgan fingerprint density at radius 2 is 1.88 bits per heavy atom. The van der Waals surface area contributed by atoms with E-state index in [1.165, 1.54) is 46.1 Å². The van der Waals surface area contributed by atoms with Crippen LogP contribution in [0.1, 0.15) is 25.7 Å². The Labute approximate surface area is 161 Å². The minimum atomic E-state index is 0.649. The molecule has 0 spiro atoms. The highest BCUT2D eigenvalue weighted by molar-refractivity contribution is 7.99. The highest BCUT2D eigenvalue weighted by Gasteiger charge is 2.22. The molecule has 0 saturated heterocycles. The van der Waals surface area contributed by atoms with E-state index in [9.17, 15) is 0 Å². The predicted octanol–water partition coefficient (Wildman–Crippen LogP) is 6.64. The van der Waals surface area contributed by atoms with Crippen molar-refractivity contribution >= 4 is 34.4 Å². The van der Waals surface area contributed by atoms with Crippen LogP contribution >= 0.6 is 34.4 Å². The maximum atomic E-state index is 5.85. The molecular formula is C20H22O2S3. The summed E-state index contributed by atoms with van der Waals surface area (Å²) in [5, 5.41) is 4.26. The molecule has 0 atom stereocenters. The number of hydrogen-bond donors (Lipinski definition) is 0. The van der Waals surface area contributed by atoms with Crippen LogP contribution in [0.4, 0.5) is 0 Å². The number of thiophene rings is 2. The van der Waals surface area contributed by atoms with Crippen molar-refractivity contribution < 1.29 is 9.47 Å². The summed E-state index contributed by atoms with van der Waals surface area (Å²) in [5.74, 6) is 3.72. The Morgan fingerprint density at radius 3 is 2.80 bits per heavy atom. The molecule has 0 unspecified atom stereocenters. The quantitative estimate of drug-likeness (QED) is 0.372. The second kappa shape index (κ2) is 8.47. The monoisotopic (exact) mass is 390 g/mol. The third-order valence-corrected chi connectivity index (χ3v) is 7.70. The molecule has 132 valence electrons. The molecule has 3 heterocycles. The molecule has 0 N–H and O–H groups in total. The van der Waals surface area contributed by atoms with Gasteiger partial charge in [0.2, 0.25) is 0 Å². The fourth-order valence-corrected chi connectivity index (χ4v) is 6.44. The van der Waals surface area contributed by atoms with E-state index < -0.39 is 0 Å². The molecule has 2 aliphatic rings. The third-order valence-electron chi connectivity index (χ3n) is 4.40. The zero-order chi connectivity index (χ0) is 16.9. The van der Waals surface area contributed by atoms with Crippen LogP contribution in [0.25, 0.3) is 9.75 Å². The Kier molecular flexibility index (Phi) is 5.85. The van der Waals surface area contributed by atoms with Gasteiger partial charge in [-0.3, -0.25) is 0 Å². The molecule has 0 fully saturated rings. The van der Waals surface area contributed by atoms with Crippen LogP contribution in [0, 0.1) is 5.92 Å². The zero-order valence-corrected chi connectivity index (χ0v) is 16.6. The lowest BCUT2D eigenvalue weighted by Gasteiger charge is -2.16. The van der Waals surface area contributed by atoms with Gasteiger partial charge >= 0.3 is 0 Å². The first-order valence-corrected chi connectivity index (χ1v) is 11.6. The third kappa shape index (κ3) is 4.15. The number of ether oxygens (including phenoxy) is 2. The second-order valence-electron chi connectivity index (χ2n) is 6.20. The number of hydrogen-bond acceptors (Lipinski definition) is 5. The summed E-state index contributed by atoms with van der Waals surface area (Å²) in [5.41, 5.74) is 0. The maximum absolute atomic E-state index is 5.85. The standard InChI is InChI=1S/C20H22O2S3/c1(2-6-15-7-3-4-8-15)5-12-23-17-9-13-24-19(17)20-18-16(14-25-20)21-10-11-22-18/h3-4,7-9,13-15H,1-2,5-6,10-12H2. The van der Waals surface area contributed by atoms with Gasteiger partial charge in [0.1, 0.15) is 13.2 Å². The van der Waals surface area contributed by atoms with E-state index in [0.717, 1.165) is 11.5 Å². The van der Waals surface area contributed by atoms with Crippen molar-refractivity contribution in [3.63, 3.8) is 0 Å². The van der Waals surface area contributed by atoms with Crippen molar-refractivity contribution in [3.05, 3.63) is 41.1 Å². The van der Waals surface area contributed by atoms with Gasteiger partial charge in [-0.25, -0.2) is 0 Å². The lowest BCUT2D eigenvalue weighted by molar-refractivity contribution is 0.174. The van der Waals surface area contributed by atoms with E-state index in [-0.39, 0.29) is 0 Å². The van der Waals surface area contributed by atoms with Crippen LogP contribution in [-0.4, -0.2) is 19.0 Å². The molecule has 0 radical (unpaired) electrons. The fourth-order valence-electron chi connectivity index (χ4n) is 3.11. The molecule has 1 aliphatic heterocycles. The summed E-state index contributed by atoms with van der Waals surface area (Å²) in [6.45, 7) is 1.30. The van der Waals surface area contributed by atoms with Gasteiger partial charge in [0.15, 0.2) is 11.5 Å². The van der Waals surface area contributed by atoms with E-state index in [4.69, 9.17) is 9.47 Å². The summed E-state index contributed by atoms with van der Waals surface area (Å²) < 4.78 is 11.5. The molecule has 25 heavy (non-hydrogen) atoms. The predicted molar refractivity (Wildman–Crippen MR) is 110 cm³/mol. The summed E-state index contributed by atoms with van der Waals surface area (Å²) >= 11 is 5.51. The van der Waals surface area contributed by atoms with Crippen LogP contribution in [-0.2, 0) is 0 Å². The minimum Gasteiger partial charge on any atom is -0.485 e. The highest BCUT2D eigenvalue weighted by atomic mass is 32.2. The number of fused-ring (bicyclic) bond motifs is 1. The maximum Gasteiger partial charge on any atom is 0.180 e. The summed E-state index contributed by atoms with van der Waals surface area (Å²) in [6, 6.07) is 2.24.